The number of carbonyl (C=O) groups excluding carboxylic acids is 1. The van der Waals surface area contributed by atoms with Crippen molar-refractivity contribution in [3.05, 3.63) is 35.9 Å². The van der Waals surface area contributed by atoms with E-state index in [0.29, 0.717) is 6.42 Å². The van der Waals surface area contributed by atoms with Gasteiger partial charge in [-0.05, 0) is 30.2 Å². The lowest BCUT2D eigenvalue weighted by Gasteiger charge is -2.22. The smallest absolute Gasteiger partial charge is 0.326 e. The average Bonchev–Trinajstić information content (AvgIpc) is 2.45. The summed E-state index contributed by atoms with van der Waals surface area (Å²) in [6.07, 6.45) is 3.46. The molecule has 114 valence electrons. The van der Waals surface area contributed by atoms with Crippen molar-refractivity contribution in [2.75, 3.05) is 26.0 Å². The van der Waals surface area contributed by atoms with E-state index in [-0.39, 0.29) is 5.91 Å². The normalized spacial score (nSPS) is 12.2. The molecule has 0 aliphatic heterocycles. The maximum atomic E-state index is 12.0. The highest BCUT2D eigenvalue weighted by Gasteiger charge is 2.22. The van der Waals surface area contributed by atoms with Gasteiger partial charge in [-0.1, -0.05) is 19.1 Å². The maximum absolute atomic E-state index is 12.0. The minimum Gasteiger partial charge on any atom is -0.480 e. The zero-order valence-electron chi connectivity index (χ0n) is 12.9. The molecule has 0 saturated carbocycles. The first kappa shape index (κ1) is 16.8. The number of aliphatic carboxylic acids is 1. The van der Waals surface area contributed by atoms with Gasteiger partial charge in [-0.25, -0.2) is 4.79 Å². The van der Waals surface area contributed by atoms with Crippen LogP contribution in [0.2, 0.25) is 0 Å². The molecule has 1 amide bonds. The molecule has 1 atom stereocenters. The fourth-order valence-electron chi connectivity index (χ4n) is 1.94. The van der Waals surface area contributed by atoms with Crippen LogP contribution in [0.4, 0.5) is 5.69 Å². The van der Waals surface area contributed by atoms with Crippen molar-refractivity contribution in [1.29, 1.82) is 0 Å². The number of hydrogen-bond acceptors (Lipinski definition) is 3. The lowest BCUT2D eigenvalue weighted by molar-refractivity contribution is -0.147. The number of rotatable bonds is 6. The van der Waals surface area contributed by atoms with Gasteiger partial charge in [-0.3, -0.25) is 4.79 Å². The molecule has 1 N–H and O–H groups in total. The van der Waals surface area contributed by atoms with E-state index in [2.05, 4.69) is 0 Å². The Labute approximate surface area is 125 Å². The molecule has 0 fully saturated rings. The van der Waals surface area contributed by atoms with Crippen molar-refractivity contribution in [1.82, 2.24) is 4.90 Å². The molecule has 0 aromatic heterocycles. The predicted molar refractivity (Wildman–Crippen MR) is 84.3 cm³/mol. The summed E-state index contributed by atoms with van der Waals surface area (Å²) in [5, 5.41) is 9.04. The van der Waals surface area contributed by atoms with Gasteiger partial charge in [0.25, 0.3) is 0 Å². The Hall–Kier alpha value is -2.30. The fourth-order valence-corrected chi connectivity index (χ4v) is 1.94. The molecule has 0 radical (unpaired) electrons. The second-order valence-corrected chi connectivity index (χ2v) is 5.03. The Morgan fingerprint density at radius 1 is 1.19 bits per heavy atom. The van der Waals surface area contributed by atoms with Gasteiger partial charge in [0.05, 0.1) is 0 Å². The predicted octanol–water partition coefficient (Wildman–Crippen LogP) is 2.09. The summed E-state index contributed by atoms with van der Waals surface area (Å²) in [6.45, 7) is 1.74. The maximum Gasteiger partial charge on any atom is 0.326 e. The molecule has 0 saturated heterocycles. The zero-order valence-corrected chi connectivity index (χ0v) is 12.9. The van der Waals surface area contributed by atoms with Crippen molar-refractivity contribution < 1.29 is 14.7 Å². The third kappa shape index (κ3) is 4.63. The molecule has 21 heavy (non-hydrogen) atoms. The standard InChI is InChI=1S/C16H22N2O3/c1-5-14(16(20)21)18(4)15(19)11-8-12-6-9-13(10-7-12)17(2)3/h6-11,14H,5H2,1-4H3,(H,20,21). The van der Waals surface area contributed by atoms with E-state index in [1.54, 1.807) is 13.0 Å². The summed E-state index contributed by atoms with van der Waals surface area (Å²) in [5.41, 5.74) is 1.97. The zero-order chi connectivity index (χ0) is 16.0. The molecule has 0 heterocycles. The molecular formula is C16H22N2O3. The van der Waals surface area contributed by atoms with E-state index in [4.69, 9.17) is 5.11 Å². The highest BCUT2D eigenvalue weighted by Crippen LogP contribution is 2.13. The minimum atomic E-state index is -0.989. The molecule has 0 aliphatic carbocycles. The number of likely N-dealkylation sites (N-methyl/N-ethyl adjacent to an activating group) is 1. The summed E-state index contributed by atoms with van der Waals surface area (Å²) in [7, 11) is 5.42. The van der Waals surface area contributed by atoms with Crippen LogP contribution in [0, 0.1) is 0 Å². The van der Waals surface area contributed by atoms with Crippen LogP contribution < -0.4 is 4.90 Å². The van der Waals surface area contributed by atoms with Gasteiger partial charge < -0.3 is 14.9 Å². The van der Waals surface area contributed by atoms with Gasteiger partial charge in [-0.2, -0.15) is 0 Å². The third-order valence-electron chi connectivity index (χ3n) is 3.31. The molecule has 1 aromatic carbocycles. The van der Waals surface area contributed by atoms with E-state index < -0.39 is 12.0 Å². The van der Waals surface area contributed by atoms with Crippen LogP contribution >= 0.6 is 0 Å². The highest BCUT2D eigenvalue weighted by molar-refractivity contribution is 5.94. The Balaban J connectivity index is 2.75. The quantitative estimate of drug-likeness (QED) is 0.815. The molecule has 0 aliphatic rings. The van der Waals surface area contributed by atoms with Gasteiger partial charge in [-0.15, -0.1) is 0 Å². The lowest BCUT2D eigenvalue weighted by atomic mass is 10.1. The van der Waals surface area contributed by atoms with Crippen molar-refractivity contribution in [2.24, 2.45) is 0 Å². The first-order chi connectivity index (χ1) is 9.86. The van der Waals surface area contributed by atoms with E-state index in [9.17, 15) is 9.59 Å². The average molecular weight is 290 g/mol. The Morgan fingerprint density at radius 3 is 2.19 bits per heavy atom. The van der Waals surface area contributed by atoms with Crippen LogP contribution in [-0.2, 0) is 9.59 Å². The van der Waals surface area contributed by atoms with Crippen LogP contribution in [0.5, 0.6) is 0 Å². The van der Waals surface area contributed by atoms with Crippen molar-refractivity contribution in [3.63, 3.8) is 0 Å². The number of benzene rings is 1. The molecule has 1 unspecified atom stereocenters. The molecule has 5 nitrogen and oxygen atoms in total. The molecular weight excluding hydrogens is 268 g/mol. The van der Waals surface area contributed by atoms with Crippen LogP contribution in [0.15, 0.2) is 30.3 Å². The van der Waals surface area contributed by atoms with E-state index in [1.807, 2.05) is 43.3 Å². The summed E-state index contributed by atoms with van der Waals surface area (Å²) in [5.74, 6) is -1.31. The number of anilines is 1. The minimum absolute atomic E-state index is 0.319. The van der Waals surface area contributed by atoms with Gasteiger partial charge in [0.1, 0.15) is 6.04 Å². The second kappa shape index (κ2) is 7.47. The van der Waals surface area contributed by atoms with Gasteiger partial charge in [0.15, 0.2) is 0 Å². The van der Waals surface area contributed by atoms with Crippen LogP contribution in [0.3, 0.4) is 0 Å². The number of amides is 1. The number of hydrogen-bond donors (Lipinski definition) is 1. The number of carboxylic acid groups (broad SMARTS) is 1. The number of carbonyl (C=O) groups is 2. The molecule has 5 heteroatoms. The second-order valence-electron chi connectivity index (χ2n) is 5.03. The largest absolute Gasteiger partial charge is 0.480 e. The topological polar surface area (TPSA) is 60.9 Å². The van der Waals surface area contributed by atoms with Crippen molar-refractivity contribution in [2.45, 2.75) is 19.4 Å². The SMILES string of the molecule is CCC(C(=O)O)N(C)C(=O)C=Cc1ccc(N(C)C)cc1. The number of nitrogens with zero attached hydrogens (tertiary/aromatic N) is 2. The highest BCUT2D eigenvalue weighted by atomic mass is 16.4. The van der Waals surface area contributed by atoms with Crippen LogP contribution in [0.25, 0.3) is 6.08 Å². The fraction of sp³-hybridized carbons (Fsp3) is 0.375. The van der Waals surface area contributed by atoms with Gasteiger partial charge >= 0.3 is 5.97 Å². The lowest BCUT2D eigenvalue weighted by Crippen LogP contribution is -2.41. The van der Waals surface area contributed by atoms with Gasteiger partial charge in [0.2, 0.25) is 5.91 Å². The third-order valence-corrected chi connectivity index (χ3v) is 3.31. The van der Waals surface area contributed by atoms with Gasteiger partial charge in [0, 0.05) is 32.9 Å². The summed E-state index contributed by atoms with van der Waals surface area (Å²) >= 11 is 0. The van der Waals surface area contributed by atoms with Crippen LogP contribution in [0.1, 0.15) is 18.9 Å². The first-order valence-electron chi connectivity index (χ1n) is 6.81. The number of carboxylic acids is 1. The molecule has 0 spiro atoms. The molecule has 0 bridgehead atoms. The molecule has 1 rings (SSSR count). The van der Waals surface area contributed by atoms with Crippen molar-refractivity contribution >= 4 is 23.6 Å². The summed E-state index contributed by atoms with van der Waals surface area (Å²) in [4.78, 5) is 26.2. The monoisotopic (exact) mass is 290 g/mol. The van der Waals surface area contributed by atoms with Crippen molar-refractivity contribution in [3.8, 4) is 0 Å². The van der Waals surface area contributed by atoms with E-state index >= 15 is 0 Å². The Morgan fingerprint density at radius 2 is 1.76 bits per heavy atom. The summed E-state index contributed by atoms with van der Waals surface area (Å²) < 4.78 is 0. The first-order valence-corrected chi connectivity index (χ1v) is 6.81. The Kier molecular flexibility index (Phi) is 5.96. The molecule has 1 aromatic rings. The van der Waals surface area contributed by atoms with E-state index in [1.165, 1.54) is 18.0 Å². The Bertz CT molecular complexity index is 521. The summed E-state index contributed by atoms with van der Waals surface area (Å²) in [6, 6.07) is 6.94. The van der Waals surface area contributed by atoms with Crippen LogP contribution in [-0.4, -0.2) is 49.1 Å². The van der Waals surface area contributed by atoms with E-state index in [0.717, 1.165) is 11.3 Å².